The van der Waals surface area contributed by atoms with Gasteiger partial charge in [-0.15, -0.1) is 0 Å². The molecule has 72 valence electrons. The minimum atomic E-state index is 0.396. The minimum Gasteiger partial charge on any atom is -0.397 e. The van der Waals surface area contributed by atoms with Gasteiger partial charge in [-0.05, 0) is 12.1 Å². The molecule has 2 aromatic rings. The number of nitrogens with two attached hydrogens (primary N) is 1. The molecule has 0 unspecified atom stereocenters. The predicted molar refractivity (Wildman–Crippen MR) is 61.2 cm³/mol. The molecule has 5 heteroatoms. The molecule has 14 heavy (non-hydrogen) atoms. The Bertz CT molecular complexity index is 464. The maximum absolute atomic E-state index is 5.96. The summed E-state index contributed by atoms with van der Waals surface area (Å²) in [6.45, 7) is 0. The van der Waals surface area contributed by atoms with E-state index in [2.05, 4.69) is 4.98 Å². The molecule has 0 radical (unpaired) electrons. The Labute approximate surface area is 95.6 Å². The van der Waals surface area contributed by atoms with Crippen molar-refractivity contribution in [1.82, 2.24) is 4.98 Å². The molecule has 0 spiro atoms. The number of fused-ring (bicyclic) bond motifs is 1. The Hall–Kier alpha value is -0.700. The molecule has 0 bridgehead atoms. The van der Waals surface area contributed by atoms with Gasteiger partial charge >= 0.3 is 0 Å². The van der Waals surface area contributed by atoms with E-state index in [0.717, 1.165) is 0 Å². The molecule has 0 saturated heterocycles. The summed E-state index contributed by atoms with van der Waals surface area (Å²) < 4.78 is 0. The standard InChI is InChI=1S/C9H5Cl3N2/c10-5-2-1-4-8(13)6(11)3-14-9(4)7(5)12/h1-3H,(H2,13,14). The zero-order chi connectivity index (χ0) is 10.3. The molecule has 0 atom stereocenters. The van der Waals surface area contributed by atoms with Crippen LogP contribution >= 0.6 is 34.8 Å². The summed E-state index contributed by atoms with van der Waals surface area (Å²) in [6.07, 6.45) is 1.46. The van der Waals surface area contributed by atoms with Crippen LogP contribution < -0.4 is 5.73 Å². The van der Waals surface area contributed by atoms with Crippen molar-refractivity contribution in [1.29, 1.82) is 0 Å². The number of aromatic nitrogens is 1. The third-order valence-corrected chi connectivity index (χ3v) is 3.02. The molecule has 2 nitrogen and oxygen atoms in total. The van der Waals surface area contributed by atoms with E-state index in [-0.39, 0.29) is 0 Å². The van der Waals surface area contributed by atoms with Crippen molar-refractivity contribution in [3.8, 4) is 0 Å². The Kier molecular flexibility index (Phi) is 2.43. The zero-order valence-electron chi connectivity index (χ0n) is 6.89. The van der Waals surface area contributed by atoms with Crippen molar-refractivity contribution in [2.45, 2.75) is 0 Å². The molecule has 0 amide bonds. The molecule has 2 rings (SSSR count). The second kappa shape index (κ2) is 3.46. The number of hydrogen-bond acceptors (Lipinski definition) is 2. The lowest BCUT2D eigenvalue weighted by atomic mass is 10.2. The second-order valence-electron chi connectivity index (χ2n) is 2.78. The zero-order valence-corrected chi connectivity index (χ0v) is 9.16. The molecule has 0 fully saturated rings. The third-order valence-electron chi connectivity index (χ3n) is 1.92. The fourth-order valence-corrected chi connectivity index (χ4v) is 1.72. The highest BCUT2D eigenvalue weighted by atomic mass is 35.5. The number of hydrogen-bond donors (Lipinski definition) is 1. The molecule has 2 N–H and O–H groups in total. The number of benzene rings is 1. The van der Waals surface area contributed by atoms with Gasteiger partial charge in [-0.25, -0.2) is 0 Å². The lowest BCUT2D eigenvalue weighted by Crippen LogP contribution is -1.91. The number of rotatable bonds is 0. The van der Waals surface area contributed by atoms with Crippen LogP contribution in [0.2, 0.25) is 15.1 Å². The van der Waals surface area contributed by atoms with E-state index in [0.29, 0.717) is 31.7 Å². The fraction of sp³-hybridized carbons (Fsp3) is 0. The predicted octanol–water partition coefficient (Wildman–Crippen LogP) is 3.78. The summed E-state index contributed by atoms with van der Waals surface area (Å²) in [5.41, 5.74) is 6.80. The van der Waals surface area contributed by atoms with Gasteiger partial charge in [0.25, 0.3) is 0 Å². The van der Waals surface area contributed by atoms with Gasteiger partial charge in [0.2, 0.25) is 0 Å². The number of halogens is 3. The first-order chi connectivity index (χ1) is 6.61. The van der Waals surface area contributed by atoms with Crippen molar-refractivity contribution >= 4 is 51.4 Å². The maximum Gasteiger partial charge on any atom is 0.0925 e. The quantitative estimate of drug-likeness (QED) is 0.769. The van der Waals surface area contributed by atoms with E-state index in [4.69, 9.17) is 40.5 Å². The van der Waals surface area contributed by atoms with Crippen LogP contribution in [0.15, 0.2) is 18.3 Å². The van der Waals surface area contributed by atoms with Crippen molar-refractivity contribution in [3.63, 3.8) is 0 Å². The molecule has 0 saturated carbocycles. The number of nitrogen functional groups attached to an aromatic ring is 1. The van der Waals surface area contributed by atoms with E-state index in [9.17, 15) is 0 Å². The monoisotopic (exact) mass is 246 g/mol. The van der Waals surface area contributed by atoms with E-state index < -0.39 is 0 Å². The number of nitrogens with zero attached hydrogens (tertiary/aromatic N) is 1. The number of anilines is 1. The lowest BCUT2D eigenvalue weighted by Gasteiger charge is -2.05. The largest absolute Gasteiger partial charge is 0.397 e. The van der Waals surface area contributed by atoms with Crippen molar-refractivity contribution in [3.05, 3.63) is 33.4 Å². The van der Waals surface area contributed by atoms with E-state index in [1.54, 1.807) is 12.1 Å². The normalized spacial score (nSPS) is 10.8. The lowest BCUT2D eigenvalue weighted by molar-refractivity contribution is 1.41. The first-order valence-electron chi connectivity index (χ1n) is 3.79. The van der Waals surface area contributed by atoms with Crippen LogP contribution in [0, 0.1) is 0 Å². The van der Waals surface area contributed by atoms with Crippen molar-refractivity contribution in [2.24, 2.45) is 0 Å². The Morgan fingerprint density at radius 2 is 1.79 bits per heavy atom. The molecule has 0 aliphatic heterocycles. The van der Waals surface area contributed by atoms with Crippen molar-refractivity contribution < 1.29 is 0 Å². The average molecular weight is 248 g/mol. The van der Waals surface area contributed by atoms with Crippen LogP contribution in [0.1, 0.15) is 0 Å². The van der Waals surface area contributed by atoms with Crippen LogP contribution in [0.5, 0.6) is 0 Å². The van der Waals surface area contributed by atoms with Gasteiger partial charge in [-0.1, -0.05) is 34.8 Å². The topological polar surface area (TPSA) is 38.9 Å². The summed E-state index contributed by atoms with van der Waals surface area (Å²) in [4.78, 5) is 4.07. The molecular formula is C9H5Cl3N2. The van der Waals surface area contributed by atoms with Gasteiger partial charge in [-0.2, -0.15) is 0 Å². The van der Waals surface area contributed by atoms with Gasteiger partial charge in [0.05, 0.1) is 26.3 Å². The first kappa shape index (κ1) is 9.84. The van der Waals surface area contributed by atoms with Crippen molar-refractivity contribution in [2.75, 3.05) is 5.73 Å². The summed E-state index contributed by atoms with van der Waals surface area (Å²) in [7, 11) is 0. The molecule has 1 aromatic heterocycles. The van der Waals surface area contributed by atoms with Gasteiger partial charge in [0.1, 0.15) is 0 Å². The highest BCUT2D eigenvalue weighted by molar-refractivity contribution is 6.45. The molecule has 0 aliphatic carbocycles. The van der Waals surface area contributed by atoms with Gasteiger partial charge < -0.3 is 5.73 Å². The van der Waals surface area contributed by atoms with Crippen LogP contribution in [0.25, 0.3) is 10.9 Å². The van der Waals surface area contributed by atoms with Gasteiger partial charge in [0.15, 0.2) is 0 Å². The summed E-state index contributed by atoms with van der Waals surface area (Å²) in [5, 5.41) is 1.98. The fourth-order valence-electron chi connectivity index (χ4n) is 1.20. The second-order valence-corrected chi connectivity index (χ2v) is 3.97. The Morgan fingerprint density at radius 3 is 2.50 bits per heavy atom. The van der Waals surface area contributed by atoms with Crippen LogP contribution in [0.3, 0.4) is 0 Å². The Balaban J connectivity index is 2.94. The Morgan fingerprint density at radius 1 is 1.07 bits per heavy atom. The van der Waals surface area contributed by atoms with E-state index >= 15 is 0 Å². The summed E-state index contributed by atoms with van der Waals surface area (Å²) >= 11 is 17.6. The van der Waals surface area contributed by atoms with Crippen LogP contribution in [-0.4, -0.2) is 4.98 Å². The molecular weight excluding hydrogens is 242 g/mol. The average Bonchev–Trinajstić information content (AvgIpc) is 2.17. The third kappa shape index (κ3) is 1.40. The molecule has 1 aromatic carbocycles. The molecule has 0 aliphatic rings. The van der Waals surface area contributed by atoms with Crippen LogP contribution in [0.4, 0.5) is 5.69 Å². The van der Waals surface area contributed by atoms with E-state index in [1.165, 1.54) is 6.20 Å². The smallest absolute Gasteiger partial charge is 0.0925 e. The highest BCUT2D eigenvalue weighted by Gasteiger charge is 2.09. The summed E-state index contributed by atoms with van der Waals surface area (Å²) in [6, 6.07) is 3.42. The first-order valence-corrected chi connectivity index (χ1v) is 4.92. The maximum atomic E-state index is 5.96. The highest BCUT2D eigenvalue weighted by Crippen LogP contribution is 2.34. The van der Waals surface area contributed by atoms with Gasteiger partial charge in [0, 0.05) is 11.6 Å². The molecule has 1 heterocycles. The summed E-state index contributed by atoms with van der Waals surface area (Å²) in [5.74, 6) is 0. The van der Waals surface area contributed by atoms with Gasteiger partial charge in [-0.3, -0.25) is 4.98 Å². The SMILES string of the molecule is Nc1c(Cl)cnc2c(Cl)c(Cl)ccc12. The number of pyridine rings is 1. The van der Waals surface area contributed by atoms with Crippen LogP contribution in [-0.2, 0) is 0 Å². The minimum absolute atomic E-state index is 0.396. The van der Waals surface area contributed by atoms with E-state index in [1.807, 2.05) is 0 Å².